The molecule has 0 bridgehead atoms. The van der Waals surface area contributed by atoms with E-state index in [2.05, 4.69) is 5.32 Å². The number of nitrogens with one attached hydrogen (secondary N) is 1. The van der Waals surface area contributed by atoms with Gasteiger partial charge in [-0.25, -0.2) is 8.42 Å². The van der Waals surface area contributed by atoms with Crippen molar-refractivity contribution in [3.8, 4) is 0 Å². The Kier molecular flexibility index (Phi) is 5.83. The number of sulfonamides is 1. The lowest BCUT2D eigenvalue weighted by molar-refractivity contribution is -0.137. The maximum absolute atomic E-state index is 12.8. The smallest absolute Gasteiger partial charge is 0.347 e. The summed E-state index contributed by atoms with van der Waals surface area (Å²) in [5, 5.41) is 2.85. The van der Waals surface area contributed by atoms with Crippen LogP contribution < -0.4 is 5.32 Å². The van der Waals surface area contributed by atoms with E-state index < -0.39 is 33.7 Å². The highest BCUT2D eigenvalue weighted by Gasteiger charge is 2.42. The van der Waals surface area contributed by atoms with Crippen LogP contribution >= 0.6 is 0 Å². The van der Waals surface area contributed by atoms with Crippen LogP contribution in [0, 0.1) is 5.92 Å². The third kappa shape index (κ3) is 5.10. The molecule has 5 nitrogen and oxygen atoms in total. The number of halogens is 3. The van der Waals surface area contributed by atoms with Crippen LogP contribution in [-0.2, 0) is 16.2 Å². The van der Waals surface area contributed by atoms with E-state index in [0.717, 1.165) is 42.7 Å². The van der Waals surface area contributed by atoms with Gasteiger partial charge in [0.2, 0.25) is 10.0 Å². The quantitative estimate of drug-likeness (QED) is 0.728. The molecule has 31 heavy (non-hydrogen) atoms. The van der Waals surface area contributed by atoms with Gasteiger partial charge >= 0.3 is 6.18 Å². The highest BCUT2D eigenvalue weighted by molar-refractivity contribution is 7.89. The Balaban J connectivity index is 1.53. The third-order valence-corrected chi connectivity index (χ3v) is 7.82. The van der Waals surface area contributed by atoms with Crippen LogP contribution in [0.5, 0.6) is 0 Å². The van der Waals surface area contributed by atoms with Gasteiger partial charge in [0, 0.05) is 24.6 Å². The number of nitrogens with zero attached hydrogens (tertiary/aromatic N) is 1. The number of hydrogen-bond acceptors (Lipinski definition) is 3. The summed E-state index contributed by atoms with van der Waals surface area (Å²) >= 11 is 0. The molecule has 166 valence electrons. The Morgan fingerprint density at radius 1 is 1.00 bits per heavy atom. The summed E-state index contributed by atoms with van der Waals surface area (Å²) in [6.07, 6.45) is -2.64. The second-order valence-corrected chi connectivity index (χ2v) is 10.2. The van der Waals surface area contributed by atoms with Crippen LogP contribution in [0.3, 0.4) is 0 Å². The summed E-state index contributed by atoms with van der Waals surface area (Å²) in [5.41, 5.74) is 0.174. The van der Waals surface area contributed by atoms with Crippen molar-refractivity contribution in [2.45, 2.75) is 31.0 Å². The summed E-state index contributed by atoms with van der Waals surface area (Å²) in [7, 11) is -3.44. The normalized spacial score (nSPS) is 22.4. The first-order valence-corrected chi connectivity index (χ1v) is 11.8. The fourth-order valence-electron chi connectivity index (χ4n) is 3.93. The number of hydrogen-bond donors (Lipinski definition) is 1. The van der Waals surface area contributed by atoms with E-state index in [-0.39, 0.29) is 36.2 Å². The lowest BCUT2D eigenvalue weighted by Gasteiger charge is -2.20. The topological polar surface area (TPSA) is 66.5 Å². The van der Waals surface area contributed by atoms with Gasteiger partial charge in [-0.15, -0.1) is 0 Å². The van der Waals surface area contributed by atoms with E-state index in [0.29, 0.717) is 0 Å². The first-order chi connectivity index (χ1) is 14.6. The predicted molar refractivity (Wildman–Crippen MR) is 110 cm³/mol. The fourth-order valence-corrected chi connectivity index (χ4v) is 5.84. The molecule has 1 aliphatic heterocycles. The number of amides is 1. The molecule has 1 heterocycles. The van der Waals surface area contributed by atoms with Gasteiger partial charge in [0.1, 0.15) is 0 Å². The number of benzene rings is 2. The first kappa shape index (κ1) is 21.8. The monoisotopic (exact) mass is 452 g/mol. The first-order valence-electron chi connectivity index (χ1n) is 10.1. The second-order valence-electron chi connectivity index (χ2n) is 8.21. The summed E-state index contributed by atoms with van der Waals surface area (Å²) < 4.78 is 65.4. The van der Waals surface area contributed by atoms with Gasteiger partial charge in [0.05, 0.1) is 17.4 Å². The molecule has 2 aromatic carbocycles. The zero-order valence-corrected chi connectivity index (χ0v) is 17.5. The predicted octanol–water partition coefficient (Wildman–Crippen LogP) is 3.64. The number of carbonyl (C=O) groups is 1. The minimum atomic E-state index is -4.48. The van der Waals surface area contributed by atoms with Crippen molar-refractivity contribution in [3.63, 3.8) is 0 Å². The Bertz CT molecular complexity index is 1040. The Labute approximate surface area is 179 Å². The van der Waals surface area contributed by atoms with Gasteiger partial charge < -0.3 is 5.32 Å². The molecule has 9 heteroatoms. The Hall–Kier alpha value is -2.39. The van der Waals surface area contributed by atoms with Crippen molar-refractivity contribution in [3.05, 3.63) is 71.3 Å². The summed E-state index contributed by atoms with van der Waals surface area (Å²) in [6, 6.07) is 12.9. The minimum Gasteiger partial charge on any atom is -0.347 e. The zero-order chi connectivity index (χ0) is 22.2. The molecule has 1 saturated carbocycles. The molecular formula is C22H23F3N2O3S. The van der Waals surface area contributed by atoms with Crippen molar-refractivity contribution in [1.29, 1.82) is 0 Å². The second kappa shape index (κ2) is 8.27. The van der Waals surface area contributed by atoms with Gasteiger partial charge in [-0.3, -0.25) is 4.79 Å². The fraction of sp³-hybridized carbons (Fsp3) is 0.409. The molecule has 1 aliphatic carbocycles. The number of alkyl halides is 3. The van der Waals surface area contributed by atoms with Crippen LogP contribution in [0.1, 0.15) is 40.2 Å². The number of carbonyl (C=O) groups excluding carboxylic acids is 1. The van der Waals surface area contributed by atoms with Crippen LogP contribution in [0.15, 0.2) is 54.6 Å². The Morgan fingerprint density at radius 3 is 2.23 bits per heavy atom. The van der Waals surface area contributed by atoms with E-state index in [1.54, 1.807) is 0 Å². The van der Waals surface area contributed by atoms with Crippen molar-refractivity contribution in [1.82, 2.24) is 9.62 Å². The van der Waals surface area contributed by atoms with Crippen molar-refractivity contribution < 1.29 is 26.4 Å². The zero-order valence-electron chi connectivity index (χ0n) is 16.7. The molecule has 4 rings (SSSR count). The Morgan fingerprint density at radius 2 is 1.65 bits per heavy atom. The van der Waals surface area contributed by atoms with Gasteiger partial charge in [0.25, 0.3) is 5.91 Å². The number of rotatable bonds is 6. The van der Waals surface area contributed by atoms with Gasteiger partial charge in [0.15, 0.2) is 0 Å². The van der Waals surface area contributed by atoms with Crippen LogP contribution in [-0.4, -0.2) is 43.5 Å². The average Bonchev–Trinajstić information content (AvgIpc) is 3.42. The van der Waals surface area contributed by atoms with Crippen molar-refractivity contribution in [2.75, 3.05) is 18.8 Å². The highest BCUT2D eigenvalue weighted by Crippen LogP contribution is 2.35. The standard InChI is InChI=1S/C22H23F3N2O3S/c23-22(24,25)18-10-8-17(9-11-18)21(28)26-20-13-27(31(29,30)14-15-6-7-15)12-19(20)16-4-2-1-3-5-16/h1-5,8-11,15,19-20H,6-7,12-14H2,(H,26,28)/t19-,20+/m0/s1. The molecule has 1 saturated heterocycles. The third-order valence-electron chi connectivity index (χ3n) is 5.84. The lowest BCUT2D eigenvalue weighted by atomic mass is 9.94. The van der Waals surface area contributed by atoms with Crippen LogP contribution in [0.4, 0.5) is 13.2 Å². The minimum absolute atomic E-state index is 0.0964. The molecule has 2 atom stereocenters. The average molecular weight is 452 g/mol. The molecule has 2 fully saturated rings. The van der Waals surface area contributed by atoms with E-state index in [1.165, 1.54) is 4.31 Å². The molecule has 0 aromatic heterocycles. The van der Waals surface area contributed by atoms with Gasteiger partial charge in [-0.05, 0) is 48.6 Å². The molecule has 0 unspecified atom stereocenters. The van der Waals surface area contributed by atoms with Crippen LogP contribution in [0.2, 0.25) is 0 Å². The van der Waals surface area contributed by atoms with E-state index in [1.807, 2.05) is 30.3 Å². The van der Waals surface area contributed by atoms with Crippen LogP contribution in [0.25, 0.3) is 0 Å². The summed E-state index contributed by atoms with van der Waals surface area (Å²) in [6.45, 7) is 0.401. The molecule has 1 N–H and O–H groups in total. The molecule has 0 spiro atoms. The lowest BCUT2D eigenvalue weighted by Crippen LogP contribution is -2.40. The SMILES string of the molecule is O=C(N[C@@H]1CN(S(=O)(=O)CC2CC2)C[C@H]1c1ccccc1)c1ccc(C(F)(F)F)cc1. The molecular weight excluding hydrogens is 429 g/mol. The van der Waals surface area contributed by atoms with Gasteiger partial charge in [-0.1, -0.05) is 30.3 Å². The van der Waals surface area contributed by atoms with E-state index in [9.17, 15) is 26.4 Å². The highest BCUT2D eigenvalue weighted by atomic mass is 32.2. The maximum atomic E-state index is 12.8. The molecule has 0 radical (unpaired) electrons. The van der Waals surface area contributed by atoms with Crippen molar-refractivity contribution in [2.24, 2.45) is 5.92 Å². The summed E-state index contributed by atoms with van der Waals surface area (Å²) in [4.78, 5) is 12.7. The molecule has 2 aliphatic rings. The molecule has 1 amide bonds. The van der Waals surface area contributed by atoms with Crippen molar-refractivity contribution >= 4 is 15.9 Å². The molecule has 2 aromatic rings. The van der Waals surface area contributed by atoms with Gasteiger partial charge in [-0.2, -0.15) is 17.5 Å². The van der Waals surface area contributed by atoms with E-state index >= 15 is 0 Å². The van der Waals surface area contributed by atoms with E-state index in [4.69, 9.17) is 0 Å². The summed E-state index contributed by atoms with van der Waals surface area (Å²) in [5.74, 6) is -0.440. The maximum Gasteiger partial charge on any atom is 0.416 e. The largest absolute Gasteiger partial charge is 0.416 e.